The maximum atomic E-state index is 12.8. The summed E-state index contributed by atoms with van der Waals surface area (Å²) in [6.07, 6.45) is -4.80. The molecule has 2 aromatic rings. The van der Waals surface area contributed by atoms with Gasteiger partial charge in [0.15, 0.2) is 0 Å². The number of hydrogen-bond acceptors (Lipinski definition) is 4. The zero-order valence-electron chi connectivity index (χ0n) is 17.7. The maximum Gasteiger partial charge on any atom is 0.416 e. The van der Waals surface area contributed by atoms with Crippen LogP contribution in [0.5, 0.6) is 0 Å². The summed E-state index contributed by atoms with van der Waals surface area (Å²) in [5, 5.41) is 2.62. The minimum atomic E-state index is -4.40. The van der Waals surface area contributed by atoms with Crippen molar-refractivity contribution in [1.29, 1.82) is 0 Å². The van der Waals surface area contributed by atoms with Crippen molar-refractivity contribution in [2.75, 3.05) is 32.8 Å². The van der Waals surface area contributed by atoms with Crippen molar-refractivity contribution >= 4 is 11.8 Å². The van der Waals surface area contributed by atoms with Gasteiger partial charge in [-0.15, -0.1) is 0 Å². The molecule has 0 aromatic heterocycles. The van der Waals surface area contributed by atoms with Crippen LogP contribution in [0.25, 0.3) is 0 Å². The third-order valence-corrected chi connectivity index (χ3v) is 5.03. The molecule has 32 heavy (non-hydrogen) atoms. The standard InChI is InChI=1S/C23H25F3N2O4/c1-16-5-7-18(8-6-16)22(30)27-12-21(29)28-9-10-32-20(13-28)15-31-14-17-3-2-4-19(11-17)23(24,25)26/h2-8,11,20H,9-10,12-15H2,1H3,(H,27,30). The predicted octanol–water partition coefficient (Wildman–Crippen LogP) is 3.19. The highest BCUT2D eigenvalue weighted by Crippen LogP contribution is 2.29. The van der Waals surface area contributed by atoms with Crippen LogP contribution in [0, 0.1) is 6.92 Å². The summed E-state index contributed by atoms with van der Waals surface area (Å²) < 4.78 is 49.5. The van der Waals surface area contributed by atoms with Crippen LogP contribution in [0.4, 0.5) is 13.2 Å². The molecule has 9 heteroatoms. The molecular weight excluding hydrogens is 425 g/mol. The van der Waals surface area contributed by atoms with Crippen LogP contribution in [0.2, 0.25) is 0 Å². The number of rotatable bonds is 7. The topological polar surface area (TPSA) is 67.9 Å². The first kappa shape index (κ1) is 23.7. The van der Waals surface area contributed by atoms with Crippen molar-refractivity contribution in [2.45, 2.75) is 25.8 Å². The number of benzene rings is 2. The van der Waals surface area contributed by atoms with Gasteiger partial charge in [0.2, 0.25) is 5.91 Å². The highest BCUT2D eigenvalue weighted by Gasteiger charge is 2.30. The van der Waals surface area contributed by atoms with Crippen LogP contribution < -0.4 is 5.32 Å². The molecule has 1 unspecified atom stereocenters. The van der Waals surface area contributed by atoms with Gasteiger partial charge in [-0.25, -0.2) is 0 Å². The van der Waals surface area contributed by atoms with Crippen molar-refractivity contribution in [1.82, 2.24) is 10.2 Å². The molecule has 0 aliphatic carbocycles. The fourth-order valence-electron chi connectivity index (χ4n) is 3.27. The number of morpholine rings is 1. The number of carbonyl (C=O) groups is 2. The number of amides is 2. The van der Waals surface area contributed by atoms with E-state index in [1.54, 1.807) is 23.1 Å². The average molecular weight is 450 g/mol. The Morgan fingerprint density at radius 1 is 1.19 bits per heavy atom. The molecule has 0 radical (unpaired) electrons. The van der Waals surface area contributed by atoms with Crippen LogP contribution in [0.1, 0.15) is 27.0 Å². The third kappa shape index (κ3) is 6.80. The maximum absolute atomic E-state index is 12.8. The van der Waals surface area contributed by atoms with E-state index >= 15 is 0 Å². The highest BCUT2D eigenvalue weighted by atomic mass is 19.4. The molecule has 1 heterocycles. The van der Waals surface area contributed by atoms with Crippen LogP contribution in [0.15, 0.2) is 48.5 Å². The minimum Gasteiger partial charge on any atom is -0.374 e. The van der Waals surface area contributed by atoms with Gasteiger partial charge < -0.3 is 19.7 Å². The van der Waals surface area contributed by atoms with E-state index in [1.807, 2.05) is 19.1 Å². The molecule has 172 valence electrons. The van der Waals surface area contributed by atoms with Crippen LogP contribution >= 0.6 is 0 Å². The zero-order chi connectivity index (χ0) is 23.1. The summed E-state index contributed by atoms with van der Waals surface area (Å²) in [7, 11) is 0. The Morgan fingerprint density at radius 3 is 2.66 bits per heavy atom. The number of carbonyl (C=O) groups excluding carboxylic acids is 2. The monoisotopic (exact) mass is 450 g/mol. The van der Waals surface area contributed by atoms with E-state index in [0.717, 1.165) is 17.7 Å². The van der Waals surface area contributed by atoms with E-state index in [1.165, 1.54) is 6.07 Å². The molecule has 0 spiro atoms. The summed E-state index contributed by atoms with van der Waals surface area (Å²) in [6.45, 7) is 2.91. The Kier molecular flexibility index (Phi) is 7.87. The minimum absolute atomic E-state index is 0.00430. The Hall–Kier alpha value is -2.91. The summed E-state index contributed by atoms with van der Waals surface area (Å²) in [5.74, 6) is -0.566. The number of nitrogens with zero attached hydrogens (tertiary/aromatic N) is 1. The van der Waals surface area contributed by atoms with Crippen LogP contribution in [0.3, 0.4) is 0 Å². The number of ether oxygens (including phenoxy) is 2. The van der Waals surface area contributed by atoms with Gasteiger partial charge in [0.1, 0.15) is 0 Å². The van der Waals surface area contributed by atoms with Crippen molar-refractivity contribution in [3.63, 3.8) is 0 Å². The van der Waals surface area contributed by atoms with Gasteiger partial charge in [-0.05, 0) is 36.8 Å². The molecular formula is C23H25F3N2O4. The molecule has 1 saturated heterocycles. The smallest absolute Gasteiger partial charge is 0.374 e. The first-order valence-electron chi connectivity index (χ1n) is 10.2. The summed E-state index contributed by atoms with van der Waals surface area (Å²) in [6, 6.07) is 12.0. The number of alkyl halides is 3. The Bertz CT molecular complexity index is 932. The van der Waals surface area contributed by atoms with Crippen molar-refractivity contribution in [2.24, 2.45) is 0 Å². The summed E-state index contributed by atoms with van der Waals surface area (Å²) in [5.41, 5.74) is 1.19. The van der Waals surface area contributed by atoms with Gasteiger partial charge in [-0.3, -0.25) is 9.59 Å². The zero-order valence-corrected chi connectivity index (χ0v) is 17.7. The highest BCUT2D eigenvalue weighted by molar-refractivity contribution is 5.96. The summed E-state index contributed by atoms with van der Waals surface area (Å²) >= 11 is 0. The largest absolute Gasteiger partial charge is 0.416 e. The van der Waals surface area contributed by atoms with E-state index in [2.05, 4.69) is 5.32 Å². The molecule has 0 saturated carbocycles. The first-order chi connectivity index (χ1) is 15.2. The Labute approximate surface area is 184 Å². The van der Waals surface area contributed by atoms with Crippen LogP contribution in [-0.4, -0.2) is 55.7 Å². The molecule has 2 aromatic carbocycles. The molecule has 1 atom stereocenters. The van der Waals surface area contributed by atoms with Gasteiger partial charge >= 0.3 is 6.18 Å². The second kappa shape index (κ2) is 10.6. The lowest BCUT2D eigenvalue weighted by Gasteiger charge is -2.33. The van der Waals surface area contributed by atoms with Gasteiger partial charge in [0, 0.05) is 18.7 Å². The number of aryl methyl sites for hydroxylation is 1. The molecule has 0 bridgehead atoms. The second-order valence-corrected chi connectivity index (χ2v) is 7.59. The molecule has 1 aliphatic heterocycles. The van der Waals surface area contributed by atoms with E-state index in [0.29, 0.717) is 24.3 Å². The van der Waals surface area contributed by atoms with Gasteiger partial charge in [-0.1, -0.05) is 29.8 Å². The third-order valence-electron chi connectivity index (χ3n) is 5.03. The van der Waals surface area contributed by atoms with Crippen molar-refractivity contribution < 1.29 is 32.2 Å². The Morgan fingerprint density at radius 2 is 1.94 bits per heavy atom. The van der Waals surface area contributed by atoms with E-state index in [9.17, 15) is 22.8 Å². The SMILES string of the molecule is Cc1ccc(C(=O)NCC(=O)N2CCOC(COCc3cccc(C(F)(F)F)c3)C2)cc1. The van der Waals surface area contributed by atoms with E-state index < -0.39 is 17.8 Å². The van der Waals surface area contributed by atoms with E-state index in [-0.39, 0.29) is 38.1 Å². The fourth-order valence-corrected chi connectivity index (χ4v) is 3.27. The second-order valence-electron chi connectivity index (χ2n) is 7.59. The van der Waals surface area contributed by atoms with Crippen molar-refractivity contribution in [3.8, 4) is 0 Å². The Balaban J connectivity index is 1.43. The molecule has 1 fully saturated rings. The molecule has 6 nitrogen and oxygen atoms in total. The molecule has 3 rings (SSSR count). The molecule has 1 N–H and O–H groups in total. The molecule has 1 aliphatic rings. The lowest BCUT2D eigenvalue weighted by molar-refractivity contribution is -0.140. The van der Waals surface area contributed by atoms with E-state index in [4.69, 9.17) is 9.47 Å². The quantitative estimate of drug-likeness (QED) is 0.704. The lowest BCUT2D eigenvalue weighted by atomic mass is 10.1. The lowest BCUT2D eigenvalue weighted by Crippen LogP contribution is -2.50. The molecule has 2 amide bonds. The van der Waals surface area contributed by atoms with Crippen LogP contribution in [-0.2, 0) is 27.1 Å². The normalized spacial score (nSPS) is 16.6. The van der Waals surface area contributed by atoms with Gasteiger partial charge in [0.25, 0.3) is 5.91 Å². The predicted molar refractivity (Wildman–Crippen MR) is 111 cm³/mol. The van der Waals surface area contributed by atoms with Crippen molar-refractivity contribution in [3.05, 3.63) is 70.8 Å². The first-order valence-corrected chi connectivity index (χ1v) is 10.2. The number of hydrogen-bond donors (Lipinski definition) is 1. The van der Waals surface area contributed by atoms with Gasteiger partial charge in [-0.2, -0.15) is 13.2 Å². The number of halogens is 3. The fraction of sp³-hybridized carbons (Fsp3) is 0.391. The van der Waals surface area contributed by atoms with Gasteiger partial charge in [0.05, 0.1) is 38.0 Å². The number of nitrogens with one attached hydrogen (secondary N) is 1. The average Bonchev–Trinajstić information content (AvgIpc) is 2.77. The summed E-state index contributed by atoms with van der Waals surface area (Å²) in [4.78, 5) is 26.2.